The van der Waals surface area contributed by atoms with Gasteiger partial charge in [-0.05, 0) is 44.0 Å². The molecule has 0 amide bonds. The summed E-state index contributed by atoms with van der Waals surface area (Å²) in [7, 11) is 0.926. The smallest absolute Gasteiger partial charge is 0.343 e. The van der Waals surface area contributed by atoms with E-state index in [1.807, 2.05) is 25.9 Å². The van der Waals surface area contributed by atoms with Crippen molar-refractivity contribution in [2.75, 3.05) is 32.7 Å². The van der Waals surface area contributed by atoms with Gasteiger partial charge in [-0.1, -0.05) is 19.3 Å². The molecule has 0 atom stereocenters. The highest BCUT2D eigenvalue weighted by Crippen LogP contribution is 2.34. The minimum Gasteiger partial charge on any atom is -0.495 e. The van der Waals surface area contributed by atoms with Crippen LogP contribution in [0.1, 0.15) is 45.1 Å². The van der Waals surface area contributed by atoms with E-state index >= 15 is 0 Å². The Kier molecular flexibility index (Phi) is 6.43. The van der Waals surface area contributed by atoms with Crippen molar-refractivity contribution in [3.05, 3.63) is 46.9 Å². The maximum atomic E-state index is 13.9. The highest BCUT2D eigenvalue weighted by molar-refractivity contribution is 7.90. The molecular formula is C24H31N3O5S. The van der Waals surface area contributed by atoms with Gasteiger partial charge < -0.3 is 14.4 Å². The summed E-state index contributed by atoms with van der Waals surface area (Å²) in [5.74, 6) is 0.801. The van der Waals surface area contributed by atoms with Gasteiger partial charge in [0.25, 0.3) is 10.0 Å². The standard InChI is InChI=1S/C24H31N3O5S/c1-5-32-19-12-13-20-21(16-19)26(17-9-7-6-8-10-17)24(28)27(20)33(29,30)23-14-11-18(25(2)3)15-22(23)31-4/h11-17H,5-10H2,1-4H3. The fourth-order valence-electron chi connectivity index (χ4n) is 4.60. The molecule has 1 heterocycles. The molecule has 2 aromatic carbocycles. The van der Waals surface area contributed by atoms with Gasteiger partial charge in [0, 0.05) is 38.0 Å². The number of hydrogen-bond donors (Lipinski definition) is 0. The van der Waals surface area contributed by atoms with E-state index in [1.54, 1.807) is 34.9 Å². The summed E-state index contributed by atoms with van der Waals surface area (Å²) in [5, 5.41) is 0. The Morgan fingerprint density at radius 1 is 1.03 bits per heavy atom. The van der Waals surface area contributed by atoms with Crippen LogP contribution in [-0.2, 0) is 10.0 Å². The van der Waals surface area contributed by atoms with Crippen molar-refractivity contribution < 1.29 is 17.9 Å². The molecule has 3 aromatic rings. The number of aromatic nitrogens is 2. The number of anilines is 1. The summed E-state index contributed by atoms with van der Waals surface area (Å²) in [6, 6.07) is 9.94. The zero-order chi connectivity index (χ0) is 23.8. The van der Waals surface area contributed by atoms with Crippen molar-refractivity contribution in [1.82, 2.24) is 8.54 Å². The van der Waals surface area contributed by atoms with Gasteiger partial charge in [0.1, 0.15) is 16.4 Å². The van der Waals surface area contributed by atoms with Gasteiger partial charge in [0.2, 0.25) is 0 Å². The van der Waals surface area contributed by atoms with Crippen LogP contribution in [0.15, 0.2) is 46.1 Å². The van der Waals surface area contributed by atoms with Gasteiger partial charge in [-0.15, -0.1) is 0 Å². The Morgan fingerprint density at radius 2 is 1.76 bits per heavy atom. The molecule has 0 spiro atoms. The summed E-state index contributed by atoms with van der Waals surface area (Å²) in [6.45, 7) is 2.37. The lowest BCUT2D eigenvalue weighted by atomic mass is 9.95. The Hall–Kier alpha value is -2.94. The normalized spacial score (nSPS) is 15.0. The molecule has 1 aromatic heterocycles. The SMILES string of the molecule is CCOc1ccc2c(c1)n(C1CCCCC1)c(=O)n2S(=O)(=O)c1ccc(N(C)C)cc1OC. The quantitative estimate of drug-likeness (QED) is 0.516. The number of fused-ring (bicyclic) bond motifs is 1. The molecule has 0 radical (unpaired) electrons. The Labute approximate surface area is 194 Å². The number of nitrogens with zero attached hydrogens (tertiary/aromatic N) is 3. The summed E-state index contributed by atoms with van der Waals surface area (Å²) < 4.78 is 41.4. The van der Waals surface area contributed by atoms with Gasteiger partial charge >= 0.3 is 5.69 Å². The Balaban J connectivity index is 1.97. The fourth-order valence-corrected chi connectivity index (χ4v) is 6.14. The van der Waals surface area contributed by atoms with E-state index in [4.69, 9.17) is 9.47 Å². The number of imidazole rings is 1. The maximum absolute atomic E-state index is 13.9. The van der Waals surface area contributed by atoms with Gasteiger partial charge in [0.15, 0.2) is 0 Å². The number of ether oxygens (including phenoxy) is 2. The summed E-state index contributed by atoms with van der Waals surface area (Å²) in [6.07, 6.45) is 4.85. The van der Waals surface area contributed by atoms with Crippen molar-refractivity contribution in [2.45, 2.75) is 50.0 Å². The minimum absolute atomic E-state index is 0.0416. The number of hydrogen-bond acceptors (Lipinski definition) is 6. The number of methoxy groups -OCH3 is 1. The molecule has 33 heavy (non-hydrogen) atoms. The molecule has 1 saturated carbocycles. The topological polar surface area (TPSA) is 82.8 Å². The first-order valence-corrected chi connectivity index (χ1v) is 12.7. The van der Waals surface area contributed by atoms with E-state index in [0.717, 1.165) is 41.8 Å². The molecule has 0 bridgehead atoms. The first-order valence-electron chi connectivity index (χ1n) is 11.3. The zero-order valence-corrected chi connectivity index (χ0v) is 20.4. The van der Waals surface area contributed by atoms with Crippen LogP contribution < -0.4 is 20.1 Å². The van der Waals surface area contributed by atoms with Crippen LogP contribution in [0.5, 0.6) is 11.5 Å². The Morgan fingerprint density at radius 3 is 2.39 bits per heavy atom. The first-order chi connectivity index (χ1) is 15.8. The van der Waals surface area contributed by atoms with Crippen molar-refractivity contribution in [3.63, 3.8) is 0 Å². The van der Waals surface area contributed by atoms with Crippen LogP contribution in [0.2, 0.25) is 0 Å². The molecule has 0 aliphatic heterocycles. The Bertz CT molecular complexity index is 1320. The first kappa shape index (κ1) is 23.2. The third-order valence-electron chi connectivity index (χ3n) is 6.24. The van der Waals surface area contributed by atoms with E-state index in [9.17, 15) is 13.2 Å². The lowest BCUT2D eigenvalue weighted by Crippen LogP contribution is -2.32. The van der Waals surface area contributed by atoms with Crippen molar-refractivity contribution in [2.24, 2.45) is 0 Å². The maximum Gasteiger partial charge on any atom is 0.343 e. The second-order valence-corrected chi connectivity index (χ2v) is 10.3. The van der Waals surface area contributed by atoms with Crippen LogP contribution in [0.3, 0.4) is 0 Å². The molecule has 0 saturated heterocycles. The third-order valence-corrected chi connectivity index (χ3v) is 7.96. The monoisotopic (exact) mass is 473 g/mol. The predicted molar refractivity (Wildman–Crippen MR) is 129 cm³/mol. The average molecular weight is 474 g/mol. The van der Waals surface area contributed by atoms with E-state index in [1.165, 1.54) is 13.2 Å². The average Bonchev–Trinajstić information content (AvgIpc) is 3.11. The minimum atomic E-state index is -4.23. The van der Waals surface area contributed by atoms with Gasteiger partial charge in [0.05, 0.1) is 24.8 Å². The molecule has 4 rings (SSSR count). The van der Waals surface area contributed by atoms with Crippen molar-refractivity contribution in [1.29, 1.82) is 0 Å². The second kappa shape index (κ2) is 9.13. The lowest BCUT2D eigenvalue weighted by Gasteiger charge is -2.23. The highest BCUT2D eigenvalue weighted by Gasteiger charge is 2.31. The molecule has 178 valence electrons. The second-order valence-electron chi connectivity index (χ2n) is 8.53. The molecule has 1 fully saturated rings. The van der Waals surface area contributed by atoms with Crippen LogP contribution in [-0.4, -0.2) is 44.8 Å². The van der Waals surface area contributed by atoms with Crippen LogP contribution in [0.25, 0.3) is 11.0 Å². The summed E-state index contributed by atoms with van der Waals surface area (Å²) in [5.41, 5.74) is 1.16. The van der Waals surface area contributed by atoms with Crippen molar-refractivity contribution in [3.8, 4) is 11.5 Å². The summed E-state index contributed by atoms with van der Waals surface area (Å²) >= 11 is 0. The molecule has 8 nitrogen and oxygen atoms in total. The molecule has 1 aliphatic carbocycles. The van der Waals surface area contributed by atoms with E-state index < -0.39 is 15.7 Å². The third kappa shape index (κ3) is 4.10. The highest BCUT2D eigenvalue weighted by atomic mass is 32.2. The number of benzene rings is 2. The van der Waals surface area contributed by atoms with Crippen LogP contribution >= 0.6 is 0 Å². The van der Waals surface area contributed by atoms with Crippen molar-refractivity contribution >= 4 is 26.7 Å². The number of rotatable bonds is 7. The predicted octanol–water partition coefficient (Wildman–Crippen LogP) is 4.02. The molecule has 1 aliphatic rings. The van der Waals surface area contributed by atoms with Crippen LogP contribution in [0, 0.1) is 0 Å². The van der Waals surface area contributed by atoms with Gasteiger partial charge in [-0.25, -0.2) is 13.2 Å². The van der Waals surface area contributed by atoms with E-state index in [-0.39, 0.29) is 16.7 Å². The van der Waals surface area contributed by atoms with E-state index in [0.29, 0.717) is 23.4 Å². The van der Waals surface area contributed by atoms with Gasteiger partial charge in [-0.3, -0.25) is 4.57 Å². The summed E-state index contributed by atoms with van der Waals surface area (Å²) in [4.78, 5) is 15.5. The fraction of sp³-hybridized carbons (Fsp3) is 0.458. The van der Waals surface area contributed by atoms with Gasteiger partial charge in [-0.2, -0.15) is 3.97 Å². The largest absolute Gasteiger partial charge is 0.495 e. The zero-order valence-electron chi connectivity index (χ0n) is 19.6. The lowest BCUT2D eigenvalue weighted by molar-refractivity contribution is 0.339. The molecule has 9 heteroatoms. The molecule has 0 unspecified atom stereocenters. The molecular weight excluding hydrogens is 442 g/mol. The molecule has 0 N–H and O–H groups in total. The van der Waals surface area contributed by atoms with Crippen LogP contribution in [0.4, 0.5) is 5.69 Å². The van der Waals surface area contributed by atoms with E-state index in [2.05, 4.69) is 0 Å².